The van der Waals surface area contributed by atoms with Gasteiger partial charge in [-0.05, 0) is 48.0 Å². The number of anilines is 1. The second-order valence-electron chi connectivity index (χ2n) is 4.99. The second kappa shape index (κ2) is 4.90. The minimum Gasteiger partial charge on any atom is -0.478 e. The van der Waals surface area contributed by atoms with E-state index in [0.29, 0.717) is 10.2 Å². The van der Waals surface area contributed by atoms with Crippen molar-refractivity contribution >= 4 is 39.4 Å². The molecule has 20 heavy (non-hydrogen) atoms. The van der Waals surface area contributed by atoms with Gasteiger partial charge in [0.15, 0.2) is 0 Å². The normalized spacial score (nSPS) is 17.9. The molecule has 1 saturated heterocycles. The summed E-state index contributed by atoms with van der Waals surface area (Å²) in [5.41, 5.74) is -0.160. The van der Waals surface area contributed by atoms with Gasteiger partial charge in [0.1, 0.15) is 5.54 Å². The molecule has 0 saturated carbocycles. The lowest BCUT2D eigenvalue weighted by Crippen LogP contribution is -2.64. The molecule has 7 heteroatoms. The Labute approximate surface area is 123 Å². The quantitative estimate of drug-likeness (QED) is 0.794. The Hall–Kier alpha value is -1.89. The maximum absolute atomic E-state index is 11.9. The van der Waals surface area contributed by atoms with E-state index in [9.17, 15) is 14.4 Å². The number of carbonyl (C=O) groups is 3. The number of imide groups is 1. The lowest BCUT2D eigenvalue weighted by Gasteiger charge is -2.41. The van der Waals surface area contributed by atoms with Crippen molar-refractivity contribution in [1.29, 1.82) is 0 Å². The van der Waals surface area contributed by atoms with Gasteiger partial charge in [-0.15, -0.1) is 0 Å². The van der Waals surface area contributed by atoms with E-state index in [0.717, 1.165) is 0 Å². The molecular formula is C13H13BrN2O4. The summed E-state index contributed by atoms with van der Waals surface area (Å²) in [6.45, 7) is 3.44. The van der Waals surface area contributed by atoms with E-state index in [1.54, 1.807) is 30.9 Å². The predicted molar refractivity (Wildman–Crippen MR) is 75.7 cm³/mol. The fourth-order valence-electron chi connectivity index (χ4n) is 2.04. The van der Waals surface area contributed by atoms with Crippen LogP contribution in [0, 0.1) is 0 Å². The van der Waals surface area contributed by atoms with Gasteiger partial charge in [0.2, 0.25) is 5.91 Å². The minimum atomic E-state index is -1.05. The van der Waals surface area contributed by atoms with Crippen LogP contribution in [0.15, 0.2) is 22.7 Å². The molecule has 1 fully saturated rings. The van der Waals surface area contributed by atoms with Crippen molar-refractivity contribution < 1.29 is 19.5 Å². The largest absolute Gasteiger partial charge is 0.478 e. The number of carbonyl (C=O) groups excluding carboxylic acids is 2. The van der Waals surface area contributed by atoms with Gasteiger partial charge in [-0.2, -0.15) is 0 Å². The van der Waals surface area contributed by atoms with Gasteiger partial charge in [-0.3, -0.25) is 14.9 Å². The van der Waals surface area contributed by atoms with Gasteiger partial charge < -0.3 is 10.0 Å². The number of hydrogen-bond acceptors (Lipinski definition) is 4. The smallest absolute Gasteiger partial charge is 0.336 e. The molecule has 6 nitrogen and oxygen atoms in total. The van der Waals surface area contributed by atoms with E-state index in [-0.39, 0.29) is 23.9 Å². The number of amides is 2. The van der Waals surface area contributed by atoms with Crippen molar-refractivity contribution in [2.75, 3.05) is 11.4 Å². The van der Waals surface area contributed by atoms with Crippen molar-refractivity contribution in [1.82, 2.24) is 5.32 Å². The van der Waals surface area contributed by atoms with Crippen LogP contribution in [0.5, 0.6) is 0 Å². The zero-order valence-electron chi connectivity index (χ0n) is 10.9. The Morgan fingerprint density at radius 3 is 2.60 bits per heavy atom. The Balaban J connectivity index is 2.44. The maximum atomic E-state index is 11.9. The third-order valence-electron chi connectivity index (χ3n) is 3.28. The number of halogens is 1. The highest BCUT2D eigenvalue weighted by Crippen LogP contribution is 2.30. The minimum absolute atomic E-state index is 0.0393. The first-order valence-corrected chi connectivity index (χ1v) is 6.67. The third kappa shape index (κ3) is 2.40. The number of hydrogen-bond donors (Lipinski definition) is 2. The first kappa shape index (κ1) is 14.5. The molecule has 0 aliphatic carbocycles. The number of nitrogens with one attached hydrogen (secondary N) is 1. The van der Waals surface area contributed by atoms with Crippen LogP contribution in [-0.2, 0) is 9.59 Å². The molecule has 0 atom stereocenters. The summed E-state index contributed by atoms with van der Waals surface area (Å²) >= 11 is 3.19. The standard InChI is InChI=1S/C13H13BrN2O4/c1-13(2)12(20)15-10(17)6-16(13)7-3-4-8(11(18)19)9(14)5-7/h3-5H,6H2,1-2H3,(H,18,19)(H,15,17,20). The number of carboxylic acids is 1. The summed E-state index contributed by atoms with van der Waals surface area (Å²) in [4.78, 5) is 36.0. The lowest BCUT2D eigenvalue weighted by atomic mass is 9.97. The third-order valence-corrected chi connectivity index (χ3v) is 3.94. The summed E-state index contributed by atoms with van der Waals surface area (Å²) in [5, 5.41) is 11.3. The number of aromatic carboxylic acids is 1. The Bertz CT molecular complexity index is 612. The van der Waals surface area contributed by atoms with Crippen LogP contribution in [0.25, 0.3) is 0 Å². The number of rotatable bonds is 2. The summed E-state index contributed by atoms with van der Waals surface area (Å²) in [5.74, 6) is -1.81. The fourth-order valence-corrected chi connectivity index (χ4v) is 2.58. The van der Waals surface area contributed by atoms with Gasteiger partial charge in [-0.25, -0.2) is 4.79 Å². The van der Waals surface area contributed by atoms with E-state index in [4.69, 9.17) is 5.11 Å². The van der Waals surface area contributed by atoms with Crippen LogP contribution in [-0.4, -0.2) is 35.0 Å². The van der Waals surface area contributed by atoms with Gasteiger partial charge in [0.25, 0.3) is 5.91 Å². The predicted octanol–water partition coefficient (Wildman–Crippen LogP) is 1.39. The maximum Gasteiger partial charge on any atom is 0.336 e. The average molecular weight is 341 g/mol. The van der Waals surface area contributed by atoms with Crippen molar-refractivity contribution in [3.05, 3.63) is 28.2 Å². The Morgan fingerprint density at radius 1 is 1.40 bits per heavy atom. The number of carboxylic acid groups (broad SMARTS) is 1. The molecule has 1 aliphatic rings. The summed E-state index contributed by atoms with van der Waals surface area (Å²) < 4.78 is 0.400. The zero-order valence-corrected chi connectivity index (χ0v) is 12.5. The van der Waals surface area contributed by atoms with E-state index in [2.05, 4.69) is 21.2 Å². The summed E-state index contributed by atoms with van der Waals surface area (Å²) in [7, 11) is 0. The molecular weight excluding hydrogens is 328 g/mol. The molecule has 1 aromatic rings. The summed E-state index contributed by atoms with van der Waals surface area (Å²) in [6, 6.07) is 4.62. The van der Waals surface area contributed by atoms with Crippen molar-refractivity contribution in [2.45, 2.75) is 19.4 Å². The average Bonchev–Trinajstić information content (AvgIpc) is 2.33. The van der Waals surface area contributed by atoms with Crippen LogP contribution < -0.4 is 10.2 Å². The molecule has 2 amide bonds. The highest BCUT2D eigenvalue weighted by atomic mass is 79.9. The van der Waals surface area contributed by atoms with Gasteiger partial charge in [-0.1, -0.05) is 0 Å². The van der Waals surface area contributed by atoms with Gasteiger partial charge in [0, 0.05) is 10.2 Å². The van der Waals surface area contributed by atoms with E-state index < -0.39 is 11.5 Å². The molecule has 1 aliphatic heterocycles. The molecule has 0 bridgehead atoms. The topological polar surface area (TPSA) is 86.7 Å². The van der Waals surface area contributed by atoms with E-state index in [1.165, 1.54) is 6.07 Å². The van der Waals surface area contributed by atoms with Gasteiger partial charge in [0.05, 0.1) is 12.1 Å². The summed E-state index contributed by atoms with van der Waals surface area (Å²) in [6.07, 6.45) is 0. The molecule has 0 unspecified atom stereocenters. The van der Waals surface area contributed by atoms with Crippen molar-refractivity contribution in [3.8, 4) is 0 Å². The lowest BCUT2D eigenvalue weighted by molar-refractivity contribution is -0.135. The van der Waals surface area contributed by atoms with Crippen LogP contribution in [0.4, 0.5) is 5.69 Å². The molecule has 0 spiro atoms. The Kier molecular flexibility index (Phi) is 3.56. The van der Waals surface area contributed by atoms with Gasteiger partial charge >= 0.3 is 5.97 Å². The Morgan fingerprint density at radius 2 is 2.05 bits per heavy atom. The second-order valence-corrected chi connectivity index (χ2v) is 5.85. The molecule has 2 rings (SSSR count). The highest BCUT2D eigenvalue weighted by Gasteiger charge is 2.41. The van der Waals surface area contributed by atoms with Crippen LogP contribution >= 0.6 is 15.9 Å². The fraction of sp³-hybridized carbons (Fsp3) is 0.308. The SMILES string of the molecule is CC1(C)C(=O)NC(=O)CN1c1ccc(C(=O)O)c(Br)c1. The molecule has 1 aromatic carbocycles. The molecule has 1 heterocycles. The zero-order chi connectivity index (χ0) is 15.1. The van der Waals surface area contributed by atoms with Crippen LogP contribution in [0.2, 0.25) is 0 Å². The van der Waals surface area contributed by atoms with Crippen molar-refractivity contribution in [3.63, 3.8) is 0 Å². The first-order valence-electron chi connectivity index (χ1n) is 5.88. The van der Waals surface area contributed by atoms with Crippen molar-refractivity contribution in [2.24, 2.45) is 0 Å². The van der Waals surface area contributed by atoms with Crippen LogP contribution in [0.1, 0.15) is 24.2 Å². The molecule has 106 valence electrons. The van der Waals surface area contributed by atoms with E-state index >= 15 is 0 Å². The number of nitrogens with zero attached hydrogens (tertiary/aromatic N) is 1. The molecule has 0 radical (unpaired) electrons. The highest BCUT2D eigenvalue weighted by molar-refractivity contribution is 9.10. The number of benzene rings is 1. The molecule has 0 aromatic heterocycles. The number of piperazine rings is 1. The monoisotopic (exact) mass is 340 g/mol. The first-order chi connectivity index (χ1) is 9.23. The van der Waals surface area contributed by atoms with E-state index in [1.807, 2.05) is 0 Å². The van der Waals surface area contributed by atoms with Crippen LogP contribution in [0.3, 0.4) is 0 Å². The molecule has 2 N–H and O–H groups in total.